The molecule has 0 aliphatic heterocycles. The lowest BCUT2D eigenvalue weighted by Gasteiger charge is -2.09. The molecule has 2 aromatic heterocycles. The molecule has 0 saturated heterocycles. The van der Waals surface area contributed by atoms with Crippen LogP contribution in [-0.2, 0) is 18.6 Å². The van der Waals surface area contributed by atoms with Gasteiger partial charge in [0.2, 0.25) is 0 Å². The molecule has 2 N–H and O–H groups in total. The third-order valence-electron chi connectivity index (χ3n) is 4.35. The number of hydrogen-bond acceptors (Lipinski definition) is 5. The number of thioether (sulfide) groups is 1. The second-order valence-electron chi connectivity index (χ2n) is 6.06. The summed E-state index contributed by atoms with van der Waals surface area (Å²) in [6.45, 7) is 0. The van der Waals surface area contributed by atoms with Crippen molar-refractivity contribution in [3.8, 4) is 0 Å². The van der Waals surface area contributed by atoms with Gasteiger partial charge >= 0.3 is 5.97 Å². The number of H-pyrrole nitrogens is 1. The maximum Gasteiger partial charge on any atom is 0.335 e. The molecule has 128 valence electrons. The van der Waals surface area contributed by atoms with Gasteiger partial charge in [-0.05, 0) is 48.9 Å². The number of carboxylic acid groups (broad SMARTS) is 1. The zero-order valence-corrected chi connectivity index (χ0v) is 15.0. The Bertz CT molecular complexity index is 1020. The number of aromatic carboxylic acids is 1. The molecule has 0 fully saturated rings. The van der Waals surface area contributed by atoms with Crippen LogP contribution < -0.4 is 5.56 Å². The van der Waals surface area contributed by atoms with E-state index in [9.17, 15) is 9.59 Å². The van der Waals surface area contributed by atoms with Gasteiger partial charge in [0.25, 0.3) is 5.56 Å². The Morgan fingerprint density at radius 3 is 3.00 bits per heavy atom. The molecule has 3 aromatic rings. The topological polar surface area (TPSA) is 83.0 Å². The summed E-state index contributed by atoms with van der Waals surface area (Å²) in [6.07, 6.45) is 4.32. The van der Waals surface area contributed by atoms with Crippen LogP contribution >= 0.6 is 23.1 Å². The van der Waals surface area contributed by atoms with Crippen LogP contribution in [0.3, 0.4) is 0 Å². The number of thiophene rings is 1. The number of aryl methyl sites for hydroxylation is 2. The van der Waals surface area contributed by atoms with Crippen molar-refractivity contribution in [2.45, 2.75) is 36.6 Å². The average Bonchev–Trinajstić information content (AvgIpc) is 2.99. The second kappa shape index (κ2) is 6.65. The predicted molar refractivity (Wildman–Crippen MR) is 99.8 cm³/mol. The molecular weight excluding hydrogens is 356 g/mol. The summed E-state index contributed by atoms with van der Waals surface area (Å²) in [5, 5.41) is 10.4. The zero-order chi connectivity index (χ0) is 17.4. The maximum absolute atomic E-state index is 12.5. The van der Waals surface area contributed by atoms with Gasteiger partial charge in [-0.3, -0.25) is 4.79 Å². The number of nitrogens with zero attached hydrogens (tertiary/aromatic N) is 1. The van der Waals surface area contributed by atoms with Crippen LogP contribution in [0.1, 0.15) is 39.2 Å². The van der Waals surface area contributed by atoms with E-state index in [1.807, 2.05) is 6.07 Å². The first-order valence-electron chi connectivity index (χ1n) is 8.11. The first-order valence-corrected chi connectivity index (χ1v) is 9.91. The minimum atomic E-state index is -0.941. The summed E-state index contributed by atoms with van der Waals surface area (Å²) in [5.74, 6) is -0.385. The van der Waals surface area contributed by atoms with Gasteiger partial charge in [0.05, 0.1) is 10.9 Å². The van der Waals surface area contributed by atoms with E-state index in [0.717, 1.165) is 35.0 Å². The number of carboxylic acids is 1. The van der Waals surface area contributed by atoms with Crippen LogP contribution in [0, 0.1) is 0 Å². The lowest BCUT2D eigenvalue weighted by molar-refractivity contribution is 0.0697. The number of aromatic nitrogens is 2. The van der Waals surface area contributed by atoms with Crippen molar-refractivity contribution in [1.82, 2.24) is 9.97 Å². The Kier molecular flexibility index (Phi) is 4.35. The van der Waals surface area contributed by atoms with E-state index in [1.54, 1.807) is 29.5 Å². The Hall–Kier alpha value is -2.12. The van der Waals surface area contributed by atoms with Gasteiger partial charge < -0.3 is 10.1 Å². The molecule has 0 saturated carbocycles. The summed E-state index contributed by atoms with van der Waals surface area (Å²) >= 11 is 3.05. The summed E-state index contributed by atoms with van der Waals surface area (Å²) in [7, 11) is 0. The number of rotatable bonds is 4. The number of aromatic amines is 1. The van der Waals surface area contributed by atoms with E-state index in [2.05, 4.69) is 9.97 Å². The van der Waals surface area contributed by atoms with E-state index >= 15 is 0 Å². The highest BCUT2D eigenvalue weighted by molar-refractivity contribution is 7.98. The smallest absolute Gasteiger partial charge is 0.335 e. The molecule has 4 rings (SSSR count). The average molecular weight is 372 g/mol. The van der Waals surface area contributed by atoms with Gasteiger partial charge in [-0.1, -0.05) is 23.9 Å². The quantitative estimate of drug-likeness (QED) is 0.537. The van der Waals surface area contributed by atoms with E-state index in [1.165, 1.54) is 28.6 Å². The molecule has 7 heteroatoms. The van der Waals surface area contributed by atoms with E-state index in [-0.39, 0.29) is 11.1 Å². The van der Waals surface area contributed by atoms with Crippen molar-refractivity contribution < 1.29 is 9.90 Å². The second-order valence-corrected chi connectivity index (χ2v) is 8.10. The lowest BCUT2D eigenvalue weighted by atomic mass is 9.97. The molecule has 0 unspecified atom stereocenters. The Morgan fingerprint density at radius 1 is 1.32 bits per heavy atom. The first kappa shape index (κ1) is 16.4. The fourth-order valence-corrected chi connectivity index (χ4v) is 5.28. The van der Waals surface area contributed by atoms with Crippen molar-refractivity contribution in [2.24, 2.45) is 0 Å². The molecule has 0 bridgehead atoms. The van der Waals surface area contributed by atoms with Crippen LogP contribution in [0.5, 0.6) is 0 Å². The van der Waals surface area contributed by atoms with Gasteiger partial charge in [0, 0.05) is 10.6 Å². The van der Waals surface area contributed by atoms with Crippen molar-refractivity contribution in [2.75, 3.05) is 0 Å². The highest BCUT2D eigenvalue weighted by atomic mass is 32.2. The van der Waals surface area contributed by atoms with Crippen molar-refractivity contribution in [1.29, 1.82) is 0 Å². The molecule has 25 heavy (non-hydrogen) atoms. The predicted octanol–water partition coefficient (Wildman–Crippen LogP) is 3.85. The molecule has 1 aliphatic carbocycles. The van der Waals surface area contributed by atoms with Gasteiger partial charge in [-0.15, -0.1) is 11.3 Å². The van der Waals surface area contributed by atoms with Crippen LogP contribution in [-0.4, -0.2) is 21.0 Å². The highest BCUT2D eigenvalue weighted by Crippen LogP contribution is 2.34. The number of fused-ring (bicyclic) bond motifs is 3. The fourth-order valence-electron chi connectivity index (χ4n) is 3.16. The maximum atomic E-state index is 12.5. The van der Waals surface area contributed by atoms with Gasteiger partial charge in [-0.25, -0.2) is 9.78 Å². The minimum absolute atomic E-state index is 0.0637. The summed E-state index contributed by atoms with van der Waals surface area (Å²) < 4.78 is 0. The first-order chi connectivity index (χ1) is 12.1. The Morgan fingerprint density at radius 2 is 2.16 bits per heavy atom. The highest BCUT2D eigenvalue weighted by Gasteiger charge is 2.19. The van der Waals surface area contributed by atoms with E-state index in [4.69, 9.17) is 5.11 Å². The molecule has 2 heterocycles. The zero-order valence-electron chi connectivity index (χ0n) is 13.4. The van der Waals surface area contributed by atoms with Crippen molar-refractivity contribution >= 4 is 39.3 Å². The molecule has 0 atom stereocenters. The van der Waals surface area contributed by atoms with Crippen LogP contribution in [0.4, 0.5) is 0 Å². The SMILES string of the molecule is O=C(O)c1cccc(CSc2nc3sc4c(c3c(=O)[nH]2)CCCC4)c1. The molecule has 0 radical (unpaired) electrons. The molecular formula is C18H16N2O3S2. The van der Waals surface area contributed by atoms with Crippen molar-refractivity contribution in [3.05, 3.63) is 56.2 Å². The Balaban J connectivity index is 1.61. The van der Waals surface area contributed by atoms with Gasteiger partial charge in [0.15, 0.2) is 5.16 Å². The number of carbonyl (C=O) groups is 1. The molecule has 1 aliphatic rings. The summed E-state index contributed by atoms with van der Waals surface area (Å²) in [5.41, 5.74) is 2.27. The molecule has 5 nitrogen and oxygen atoms in total. The number of nitrogens with one attached hydrogen (secondary N) is 1. The third kappa shape index (κ3) is 3.21. The summed E-state index contributed by atoms with van der Waals surface area (Å²) in [4.78, 5) is 33.2. The molecule has 0 spiro atoms. The van der Waals surface area contributed by atoms with Crippen molar-refractivity contribution in [3.63, 3.8) is 0 Å². The number of hydrogen-bond donors (Lipinski definition) is 2. The van der Waals surface area contributed by atoms with Gasteiger partial charge in [0.1, 0.15) is 4.83 Å². The van der Waals surface area contributed by atoms with Gasteiger partial charge in [-0.2, -0.15) is 0 Å². The molecule has 1 aromatic carbocycles. The van der Waals surface area contributed by atoms with E-state index < -0.39 is 5.97 Å². The van der Waals surface area contributed by atoms with Crippen LogP contribution in [0.15, 0.2) is 34.2 Å². The minimum Gasteiger partial charge on any atom is -0.478 e. The standard InChI is InChI=1S/C18H16N2O3S2/c21-15-14-12-6-1-2-7-13(12)25-16(14)20-18(19-15)24-9-10-4-3-5-11(8-10)17(22)23/h3-5,8H,1-2,6-7,9H2,(H,22,23)(H,19,20,21). The lowest BCUT2D eigenvalue weighted by Crippen LogP contribution is -2.10. The van der Waals surface area contributed by atoms with Crippen LogP contribution in [0.2, 0.25) is 0 Å². The van der Waals surface area contributed by atoms with E-state index in [0.29, 0.717) is 10.9 Å². The molecule has 0 amide bonds. The third-order valence-corrected chi connectivity index (χ3v) is 6.48. The Labute approximate surface area is 152 Å². The van der Waals surface area contributed by atoms with Crippen LogP contribution in [0.25, 0.3) is 10.2 Å². The normalized spacial score (nSPS) is 13.8. The summed E-state index contributed by atoms with van der Waals surface area (Å²) in [6, 6.07) is 6.82. The fraction of sp³-hybridized carbons (Fsp3) is 0.278. The monoisotopic (exact) mass is 372 g/mol. The largest absolute Gasteiger partial charge is 0.478 e. The number of benzene rings is 1.